The van der Waals surface area contributed by atoms with Gasteiger partial charge in [0.2, 0.25) is 0 Å². The Bertz CT molecular complexity index is 263. The number of aliphatic imine (C=N–C) groups is 1. The molecule has 1 saturated carbocycles. The highest BCUT2D eigenvalue weighted by atomic mass is 32.2. The molecule has 2 N–H and O–H groups in total. The maximum atomic E-state index is 4.26. The molecule has 0 radical (unpaired) electrons. The Labute approximate surface area is 110 Å². The third-order valence-corrected chi connectivity index (χ3v) is 4.22. The van der Waals surface area contributed by atoms with Crippen molar-refractivity contribution < 1.29 is 0 Å². The zero-order chi connectivity index (χ0) is 12.5. The molecule has 1 aliphatic carbocycles. The minimum Gasteiger partial charge on any atom is -0.356 e. The quantitative estimate of drug-likeness (QED) is 0.343. The molecule has 1 rings (SSSR count). The number of hydrogen-bond acceptors (Lipinski definition) is 2. The van der Waals surface area contributed by atoms with Gasteiger partial charge in [0.15, 0.2) is 5.96 Å². The zero-order valence-corrected chi connectivity index (χ0v) is 12.0. The first-order valence-electron chi connectivity index (χ1n) is 6.41. The first kappa shape index (κ1) is 14.4. The molecule has 0 saturated heterocycles. The number of thioether (sulfide) groups is 1. The SMILES string of the molecule is CC=CCCNC(=NC)NC1CCC(SC)C1. The van der Waals surface area contributed by atoms with E-state index in [1.807, 2.05) is 25.7 Å². The van der Waals surface area contributed by atoms with Crippen LogP contribution in [0.3, 0.4) is 0 Å². The van der Waals surface area contributed by atoms with Crippen molar-refractivity contribution in [3.63, 3.8) is 0 Å². The topological polar surface area (TPSA) is 36.4 Å². The van der Waals surface area contributed by atoms with E-state index in [4.69, 9.17) is 0 Å². The fourth-order valence-corrected chi connectivity index (χ4v) is 2.91. The van der Waals surface area contributed by atoms with Crippen LogP contribution in [-0.2, 0) is 0 Å². The molecule has 1 aliphatic rings. The number of nitrogens with zero attached hydrogens (tertiary/aromatic N) is 1. The Hall–Kier alpha value is -0.640. The molecule has 0 aliphatic heterocycles. The molecular formula is C13H25N3S. The maximum Gasteiger partial charge on any atom is 0.191 e. The minimum atomic E-state index is 0.598. The molecular weight excluding hydrogens is 230 g/mol. The second-order valence-corrected chi connectivity index (χ2v) is 5.51. The highest BCUT2D eigenvalue weighted by molar-refractivity contribution is 7.99. The van der Waals surface area contributed by atoms with Crippen molar-refractivity contribution in [2.45, 2.75) is 43.9 Å². The van der Waals surface area contributed by atoms with Gasteiger partial charge in [-0.25, -0.2) is 0 Å². The molecule has 3 nitrogen and oxygen atoms in total. The summed E-state index contributed by atoms with van der Waals surface area (Å²) < 4.78 is 0. The summed E-state index contributed by atoms with van der Waals surface area (Å²) in [5, 5.41) is 7.68. The predicted octanol–water partition coefficient (Wildman–Crippen LogP) is 2.40. The van der Waals surface area contributed by atoms with Crippen LogP contribution >= 0.6 is 11.8 Å². The summed E-state index contributed by atoms with van der Waals surface area (Å²) in [5.41, 5.74) is 0. The van der Waals surface area contributed by atoms with Crippen molar-refractivity contribution in [1.82, 2.24) is 10.6 Å². The third kappa shape index (κ3) is 5.48. The second kappa shape index (κ2) is 8.45. The molecule has 0 amide bonds. The van der Waals surface area contributed by atoms with Crippen molar-refractivity contribution in [1.29, 1.82) is 0 Å². The molecule has 0 bridgehead atoms. The zero-order valence-electron chi connectivity index (χ0n) is 11.2. The van der Waals surface area contributed by atoms with E-state index in [0.29, 0.717) is 6.04 Å². The molecule has 0 aromatic carbocycles. The van der Waals surface area contributed by atoms with Crippen molar-refractivity contribution in [3.8, 4) is 0 Å². The molecule has 17 heavy (non-hydrogen) atoms. The third-order valence-electron chi connectivity index (χ3n) is 3.12. The van der Waals surface area contributed by atoms with Crippen LogP contribution < -0.4 is 10.6 Å². The summed E-state index contributed by atoms with van der Waals surface area (Å²) in [4.78, 5) is 4.26. The lowest BCUT2D eigenvalue weighted by atomic mass is 10.2. The minimum absolute atomic E-state index is 0.598. The van der Waals surface area contributed by atoms with Crippen LogP contribution in [0.25, 0.3) is 0 Å². The predicted molar refractivity (Wildman–Crippen MR) is 78.9 cm³/mol. The van der Waals surface area contributed by atoms with Crippen LogP contribution in [0.2, 0.25) is 0 Å². The van der Waals surface area contributed by atoms with E-state index in [9.17, 15) is 0 Å². The van der Waals surface area contributed by atoms with Crippen molar-refractivity contribution in [3.05, 3.63) is 12.2 Å². The van der Waals surface area contributed by atoms with E-state index in [2.05, 4.69) is 34.0 Å². The Morgan fingerprint density at radius 2 is 2.29 bits per heavy atom. The average Bonchev–Trinajstić information content (AvgIpc) is 2.80. The summed E-state index contributed by atoms with van der Waals surface area (Å²) in [6.45, 7) is 3.00. The monoisotopic (exact) mass is 255 g/mol. The number of hydrogen-bond donors (Lipinski definition) is 2. The molecule has 98 valence electrons. The first-order valence-corrected chi connectivity index (χ1v) is 7.70. The van der Waals surface area contributed by atoms with E-state index < -0.39 is 0 Å². The van der Waals surface area contributed by atoms with Crippen LogP contribution in [0.4, 0.5) is 0 Å². The standard InChI is InChI=1S/C13H25N3S/c1-4-5-6-9-15-13(14-2)16-11-7-8-12(10-11)17-3/h4-5,11-12H,6-10H2,1-3H3,(H2,14,15,16). The summed E-state index contributed by atoms with van der Waals surface area (Å²) in [6, 6.07) is 0.598. The van der Waals surface area contributed by atoms with E-state index in [-0.39, 0.29) is 0 Å². The Morgan fingerprint density at radius 1 is 1.47 bits per heavy atom. The summed E-state index contributed by atoms with van der Waals surface area (Å²) >= 11 is 1.99. The molecule has 0 heterocycles. The number of allylic oxidation sites excluding steroid dienone is 1. The molecule has 0 spiro atoms. The summed E-state index contributed by atoms with van der Waals surface area (Å²) in [7, 11) is 1.84. The van der Waals surface area contributed by atoms with Crippen LogP contribution in [-0.4, -0.2) is 37.1 Å². The summed E-state index contributed by atoms with van der Waals surface area (Å²) in [6.07, 6.45) is 11.4. The fourth-order valence-electron chi connectivity index (χ4n) is 2.11. The molecule has 4 heteroatoms. The second-order valence-electron chi connectivity index (χ2n) is 4.37. The van der Waals surface area contributed by atoms with Crippen molar-refractivity contribution >= 4 is 17.7 Å². The molecule has 2 unspecified atom stereocenters. The molecule has 2 atom stereocenters. The highest BCUT2D eigenvalue weighted by Crippen LogP contribution is 2.27. The van der Waals surface area contributed by atoms with Gasteiger partial charge in [0.25, 0.3) is 0 Å². The number of nitrogens with one attached hydrogen (secondary N) is 2. The van der Waals surface area contributed by atoms with Gasteiger partial charge in [-0.1, -0.05) is 12.2 Å². The van der Waals surface area contributed by atoms with Gasteiger partial charge in [-0.2, -0.15) is 11.8 Å². The van der Waals surface area contributed by atoms with Gasteiger partial charge >= 0.3 is 0 Å². The van der Waals surface area contributed by atoms with E-state index in [0.717, 1.165) is 24.2 Å². The normalized spacial score (nSPS) is 25.5. The van der Waals surface area contributed by atoms with Gasteiger partial charge in [0.05, 0.1) is 0 Å². The fraction of sp³-hybridized carbons (Fsp3) is 0.769. The smallest absolute Gasteiger partial charge is 0.191 e. The van der Waals surface area contributed by atoms with Crippen LogP contribution in [0.5, 0.6) is 0 Å². The lowest BCUT2D eigenvalue weighted by molar-refractivity contribution is 0.615. The van der Waals surface area contributed by atoms with E-state index in [1.54, 1.807) is 0 Å². The van der Waals surface area contributed by atoms with E-state index >= 15 is 0 Å². The van der Waals surface area contributed by atoms with Gasteiger partial charge in [0.1, 0.15) is 0 Å². The van der Waals surface area contributed by atoms with Crippen LogP contribution in [0.1, 0.15) is 32.6 Å². The highest BCUT2D eigenvalue weighted by Gasteiger charge is 2.24. The van der Waals surface area contributed by atoms with Gasteiger partial charge in [-0.15, -0.1) is 0 Å². The lowest BCUT2D eigenvalue weighted by Gasteiger charge is -2.17. The van der Waals surface area contributed by atoms with Crippen LogP contribution in [0.15, 0.2) is 17.1 Å². The van der Waals surface area contributed by atoms with Crippen molar-refractivity contribution in [2.75, 3.05) is 19.8 Å². The average molecular weight is 255 g/mol. The van der Waals surface area contributed by atoms with E-state index in [1.165, 1.54) is 19.3 Å². The maximum absolute atomic E-state index is 4.26. The molecule has 0 aromatic heterocycles. The number of rotatable bonds is 5. The van der Waals surface area contributed by atoms with Crippen LogP contribution in [0, 0.1) is 0 Å². The van der Waals surface area contributed by atoms with Gasteiger partial charge in [-0.05, 0) is 38.9 Å². The van der Waals surface area contributed by atoms with Gasteiger partial charge < -0.3 is 10.6 Å². The number of guanidine groups is 1. The Morgan fingerprint density at radius 3 is 2.88 bits per heavy atom. The van der Waals surface area contributed by atoms with Gasteiger partial charge in [-0.3, -0.25) is 4.99 Å². The Balaban J connectivity index is 2.23. The summed E-state index contributed by atoms with van der Waals surface area (Å²) in [5.74, 6) is 0.946. The Kier molecular flexibility index (Phi) is 7.17. The van der Waals surface area contributed by atoms with Crippen molar-refractivity contribution in [2.24, 2.45) is 4.99 Å². The lowest BCUT2D eigenvalue weighted by Crippen LogP contribution is -2.42. The largest absolute Gasteiger partial charge is 0.356 e. The molecule has 1 fully saturated rings. The van der Waals surface area contributed by atoms with Gasteiger partial charge in [0, 0.05) is 24.9 Å². The first-order chi connectivity index (χ1) is 8.30. The molecule has 0 aromatic rings.